The van der Waals surface area contributed by atoms with E-state index in [1.807, 2.05) is 0 Å². The highest BCUT2D eigenvalue weighted by molar-refractivity contribution is 5.90. The van der Waals surface area contributed by atoms with E-state index >= 15 is 0 Å². The van der Waals surface area contributed by atoms with Crippen LogP contribution in [0.15, 0.2) is 36.5 Å². The van der Waals surface area contributed by atoms with Crippen LogP contribution in [-0.2, 0) is 12.7 Å². The fraction of sp³-hybridized carbons (Fsp3) is 0.389. The number of hydrogen-bond donors (Lipinski definition) is 2. The highest BCUT2D eigenvalue weighted by Gasteiger charge is 2.33. The van der Waals surface area contributed by atoms with Gasteiger partial charge in [-0.2, -0.15) is 13.2 Å². The van der Waals surface area contributed by atoms with Gasteiger partial charge in [-0.15, -0.1) is 0 Å². The maximum atomic E-state index is 13.0. The molecule has 0 atom stereocenters. The summed E-state index contributed by atoms with van der Waals surface area (Å²) < 4.78 is 38.9. The fourth-order valence-electron chi connectivity index (χ4n) is 2.91. The van der Waals surface area contributed by atoms with Gasteiger partial charge in [0.1, 0.15) is 0 Å². The number of carbonyl (C=O) groups is 1. The SMILES string of the molecule is O=C(NCc1ccnc(N2CCCCC2)n1)Nc1ccccc1C(F)(F)F. The van der Waals surface area contributed by atoms with Crippen molar-refractivity contribution in [1.82, 2.24) is 15.3 Å². The van der Waals surface area contributed by atoms with Crippen LogP contribution in [0.3, 0.4) is 0 Å². The van der Waals surface area contributed by atoms with Crippen LogP contribution in [0.1, 0.15) is 30.5 Å². The lowest BCUT2D eigenvalue weighted by molar-refractivity contribution is -0.136. The van der Waals surface area contributed by atoms with Crippen LogP contribution in [0.5, 0.6) is 0 Å². The lowest BCUT2D eigenvalue weighted by atomic mass is 10.1. The highest BCUT2D eigenvalue weighted by Crippen LogP contribution is 2.34. The van der Waals surface area contributed by atoms with Crippen LogP contribution < -0.4 is 15.5 Å². The molecule has 144 valence electrons. The van der Waals surface area contributed by atoms with Crippen molar-refractivity contribution in [1.29, 1.82) is 0 Å². The minimum Gasteiger partial charge on any atom is -0.341 e. The van der Waals surface area contributed by atoms with Gasteiger partial charge in [0, 0.05) is 19.3 Å². The Morgan fingerprint density at radius 2 is 1.85 bits per heavy atom. The van der Waals surface area contributed by atoms with E-state index in [1.165, 1.54) is 24.6 Å². The molecule has 0 unspecified atom stereocenters. The number of amides is 2. The summed E-state index contributed by atoms with van der Waals surface area (Å²) in [6.45, 7) is 1.88. The minimum absolute atomic E-state index is 0.0867. The van der Waals surface area contributed by atoms with Crippen molar-refractivity contribution in [3.05, 3.63) is 47.8 Å². The molecule has 0 radical (unpaired) electrons. The molecule has 9 heteroatoms. The average molecular weight is 379 g/mol. The Labute approximate surface area is 154 Å². The number of nitrogens with one attached hydrogen (secondary N) is 2. The van der Waals surface area contributed by atoms with E-state index in [9.17, 15) is 18.0 Å². The molecule has 1 aliphatic rings. The summed E-state index contributed by atoms with van der Waals surface area (Å²) in [4.78, 5) is 22.8. The maximum Gasteiger partial charge on any atom is 0.418 e. The number of anilines is 2. The fourth-order valence-corrected chi connectivity index (χ4v) is 2.91. The van der Waals surface area contributed by atoms with Gasteiger partial charge in [-0.25, -0.2) is 14.8 Å². The van der Waals surface area contributed by atoms with Gasteiger partial charge in [-0.3, -0.25) is 0 Å². The average Bonchev–Trinajstić information content (AvgIpc) is 2.67. The normalized spacial score (nSPS) is 14.7. The molecule has 2 N–H and O–H groups in total. The minimum atomic E-state index is -4.54. The number of benzene rings is 1. The van der Waals surface area contributed by atoms with E-state index in [0.29, 0.717) is 11.6 Å². The molecule has 1 aromatic carbocycles. The summed E-state index contributed by atoms with van der Waals surface area (Å²) in [7, 11) is 0. The zero-order valence-electron chi connectivity index (χ0n) is 14.6. The quantitative estimate of drug-likeness (QED) is 0.848. The van der Waals surface area contributed by atoms with Crippen LogP contribution in [-0.4, -0.2) is 29.1 Å². The van der Waals surface area contributed by atoms with Gasteiger partial charge >= 0.3 is 12.2 Å². The highest BCUT2D eigenvalue weighted by atomic mass is 19.4. The van der Waals surface area contributed by atoms with Crippen molar-refractivity contribution in [3.63, 3.8) is 0 Å². The molecule has 1 fully saturated rings. The second-order valence-electron chi connectivity index (χ2n) is 6.25. The summed E-state index contributed by atoms with van der Waals surface area (Å²) in [5.41, 5.74) is -0.599. The molecule has 0 aliphatic carbocycles. The topological polar surface area (TPSA) is 70.2 Å². The Morgan fingerprint density at radius 3 is 2.59 bits per heavy atom. The van der Waals surface area contributed by atoms with E-state index in [2.05, 4.69) is 25.5 Å². The smallest absolute Gasteiger partial charge is 0.341 e. The zero-order chi connectivity index (χ0) is 19.3. The Bertz CT molecular complexity index is 791. The molecule has 1 aromatic heterocycles. The molecule has 2 amide bonds. The molecule has 0 spiro atoms. The number of hydrogen-bond acceptors (Lipinski definition) is 4. The number of aromatic nitrogens is 2. The van der Waals surface area contributed by atoms with Crippen LogP contribution in [0.2, 0.25) is 0 Å². The first-order valence-electron chi connectivity index (χ1n) is 8.71. The Balaban J connectivity index is 1.60. The van der Waals surface area contributed by atoms with E-state index in [1.54, 1.807) is 12.3 Å². The van der Waals surface area contributed by atoms with E-state index in [0.717, 1.165) is 32.0 Å². The largest absolute Gasteiger partial charge is 0.418 e. The predicted octanol–water partition coefficient (Wildman–Crippen LogP) is 3.81. The third-order valence-electron chi connectivity index (χ3n) is 4.25. The van der Waals surface area contributed by atoms with Crippen molar-refractivity contribution in [2.45, 2.75) is 32.0 Å². The van der Waals surface area contributed by atoms with Gasteiger partial charge in [-0.1, -0.05) is 12.1 Å². The molecular weight excluding hydrogens is 359 g/mol. The summed E-state index contributed by atoms with van der Waals surface area (Å²) in [5, 5.41) is 4.77. The molecule has 1 aliphatic heterocycles. The predicted molar refractivity (Wildman–Crippen MR) is 95.4 cm³/mol. The lowest BCUT2D eigenvalue weighted by Gasteiger charge is -2.26. The molecule has 2 aromatic rings. The summed E-state index contributed by atoms with van der Waals surface area (Å²) in [6.07, 6.45) is 0.446. The molecule has 0 bridgehead atoms. The second-order valence-corrected chi connectivity index (χ2v) is 6.25. The van der Waals surface area contributed by atoms with Gasteiger partial charge in [0.2, 0.25) is 5.95 Å². The van der Waals surface area contributed by atoms with E-state index < -0.39 is 17.8 Å². The lowest BCUT2D eigenvalue weighted by Crippen LogP contribution is -2.32. The van der Waals surface area contributed by atoms with Crippen LogP contribution in [0.4, 0.5) is 29.6 Å². The summed E-state index contributed by atoms with van der Waals surface area (Å²) >= 11 is 0. The first-order chi connectivity index (χ1) is 12.9. The third kappa shape index (κ3) is 5.08. The van der Waals surface area contributed by atoms with Gasteiger partial charge in [-0.05, 0) is 37.5 Å². The third-order valence-corrected chi connectivity index (χ3v) is 4.25. The van der Waals surface area contributed by atoms with Crippen LogP contribution >= 0.6 is 0 Å². The standard InChI is InChI=1S/C18H20F3N5O/c19-18(20,21)14-6-2-3-7-15(14)25-17(27)23-12-13-8-9-22-16(24-13)26-10-4-1-5-11-26/h2-3,6-9H,1,4-5,10-12H2,(H2,23,25,27). The number of nitrogens with zero attached hydrogens (tertiary/aromatic N) is 3. The first-order valence-corrected chi connectivity index (χ1v) is 8.71. The Hall–Kier alpha value is -2.84. The molecular formula is C18H20F3N5O. The van der Waals surface area contributed by atoms with Gasteiger partial charge in [0.15, 0.2) is 0 Å². The summed E-state index contributed by atoms with van der Waals surface area (Å²) in [6, 6.07) is 5.77. The number of halogens is 3. The van der Waals surface area contributed by atoms with Gasteiger partial charge < -0.3 is 15.5 Å². The number of carbonyl (C=O) groups excluding carboxylic acids is 1. The van der Waals surface area contributed by atoms with E-state index in [-0.39, 0.29) is 12.2 Å². The number of alkyl halides is 3. The van der Waals surface area contributed by atoms with Crippen molar-refractivity contribution in [2.75, 3.05) is 23.3 Å². The number of para-hydroxylation sites is 1. The molecule has 3 rings (SSSR count). The Kier molecular flexibility index (Phi) is 5.78. The second kappa shape index (κ2) is 8.24. The molecule has 2 heterocycles. The maximum absolute atomic E-state index is 13.0. The molecule has 6 nitrogen and oxygen atoms in total. The van der Waals surface area contributed by atoms with Crippen molar-refractivity contribution < 1.29 is 18.0 Å². The number of rotatable bonds is 4. The van der Waals surface area contributed by atoms with Gasteiger partial charge in [0.25, 0.3) is 0 Å². The van der Waals surface area contributed by atoms with Crippen molar-refractivity contribution >= 4 is 17.7 Å². The summed E-state index contributed by atoms with van der Waals surface area (Å²) in [5.74, 6) is 0.608. The van der Waals surface area contributed by atoms with Crippen molar-refractivity contribution in [3.8, 4) is 0 Å². The van der Waals surface area contributed by atoms with Crippen molar-refractivity contribution in [2.24, 2.45) is 0 Å². The van der Waals surface area contributed by atoms with Gasteiger partial charge in [0.05, 0.1) is 23.5 Å². The van der Waals surface area contributed by atoms with E-state index in [4.69, 9.17) is 0 Å². The first kappa shape index (κ1) is 18.9. The molecule has 27 heavy (non-hydrogen) atoms. The zero-order valence-corrected chi connectivity index (χ0v) is 14.6. The van der Waals surface area contributed by atoms with Crippen LogP contribution in [0, 0.1) is 0 Å². The monoisotopic (exact) mass is 379 g/mol. The molecule has 1 saturated heterocycles. The van der Waals surface area contributed by atoms with Crippen LogP contribution in [0.25, 0.3) is 0 Å². The molecule has 0 saturated carbocycles. The number of piperidine rings is 1. The Morgan fingerprint density at radius 1 is 1.11 bits per heavy atom. The number of urea groups is 1.